The van der Waals surface area contributed by atoms with Crippen LogP contribution in [0.15, 0.2) is 16.9 Å². The highest BCUT2D eigenvalue weighted by molar-refractivity contribution is 7.88. The summed E-state index contributed by atoms with van der Waals surface area (Å²) in [5, 5.41) is 10.1. The first-order chi connectivity index (χ1) is 13.9. The number of hydrogen-bond acceptors (Lipinski definition) is 5. The maximum atomic E-state index is 12.9. The molecule has 0 aromatic carbocycles. The van der Waals surface area contributed by atoms with Crippen LogP contribution in [0.25, 0.3) is 0 Å². The van der Waals surface area contributed by atoms with Gasteiger partial charge in [0.05, 0.1) is 30.6 Å². The molecule has 0 amide bonds. The van der Waals surface area contributed by atoms with Crippen LogP contribution in [-0.2, 0) is 21.2 Å². The molecule has 0 radical (unpaired) electrons. The zero-order chi connectivity index (χ0) is 22.1. The van der Waals surface area contributed by atoms with Gasteiger partial charge in [0, 0.05) is 17.3 Å². The van der Waals surface area contributed by atoms with E-state index in [2.05, 4.69) is 4.72 Å². The summed E-state index contributed by atoms with van der Waals surface area (Å²) in [6.45, 7) is 5.80. The third-order valence-electron chi connectivity index (χ3n) is 6.35. The lowest BCUT2D eigenvalue weighted by atomic mass is 9.81. The van der Waals surface area contributed by atoms with Gasteiger partial charge in [-0.3, -0.25) is 4.79 Å². The van der Waals surface area contributed by atoms with Gasteiger partial charge in [0.25, 0.3) is 5.56 Å². The Morgan fingerprint density at radius 2 is 1.87 bits per heavy atom. The largest absolute Gasteiger partial charge is 0.390 e. The standard InChI is InChI=1S/C22H36N2O5S/c1-15-5-8-17-9-12-19(23-30(4,27)28)20(24(17)21(15)25)14-29-18-10-6-16(7-11-18)13-22(2,3)26/h5,8,16,18-20,23,26H,6-7,9-14H2,1-4H3/t16?,18?,19-,20-/m0/s1. The van der Waals surface area contributed by atoms with Crippen LogP contribution in [0, 0.1) is 12.8 Å². The van der Waals surface area contributed by atoms with Crippen molar-refractivity contribution in [3.8, 4) is 0 Å². The molecule has 170 valence electrons. The molecule has 0 spiro atoms. The van der Waals surface area contributed by atoms with Crippen molar-refractivity contribution in [3.63, 3.8) is 0 Å². The number of fused-ring (bicyclic) bond motifs is 1. The minimum Gasteiger partial charge on any atom is -0.390 e. The van der Waals surface area contributed by atoms with Crippen LogP contribution < -0.4 is 10.3 Å². The maximum absolute atomic E-state index is 12.9. The smallest absolute Gasteiger partial charge is 0.254 e. The Bertz CT molecular complexity index is 895. The highest BCUT2D eigenvalue weighted by Crippen LogP contribution is 2.33. The van der Waals surface area contributed by atoms with Crippen molar-refractivity contribution in [2.24, 2.45) is 5.92 Å². The van der Waals surface area contributed by atoms with Crippen LogP contribution in [0.3, 0.4) is 0 Å². The molecule has 2 heterocycles. The van der Waals surface area contributed by atoms with Gasteiger partial charge < -0.3 is 14.4 Å². The van der Waals surface area contributed by atoms with E-state index in [1.165, 1.54) is 0 Å². The number of aliphatic hydroxyl groups is 1. The highest BCUT2D eigenvalue weighted by Gasteiger charge is 2.34. The molecule has 0 bridgehead atoms. The molecule has 1 saturated carbocycles. The Kier molecular flexibility index (Phi) is 7.11. The number of rotatable bonds is 7. The van der Waals surface area contributed by atoms with Crippen molar-refractivity contribution in [2.75, 3.05) is 12.9 Å². The van der Waals surface area contributed by atoms with Crippen LogP contribution in [0.4, 0.5) is 0 Å². The molecular formula is C22H36N2O5S. The molecule has 1 aromatic heterocycles. The number of nitrogens with one attached hydrogen (secondary N) is 1. The second-order valence-electron chi connectivity index (χ2n) is 9.78. The molecule has 2 aliphatic rings. The normalized spacial score (nSPS) is 27.6. The van der Waals surface area contributed by atoms with E-state index in [1.807, 2.05) is 26.0 Å². The van der Waals surface area contributed by atoms with E-state index in [-0.39, 0.29) is 23.7 Å². The Morgan fingerprint density at radius 3 is 2.47 bits per heavy atom. The lowest BCUT2D eigenvalue weighted by Gasteiger charge is -2.37. The summed E-state index contributed by atoms with van der Waals surface area (Å²) in [5.74, 6) is 0.505. The van der Waals surface area contributed by atoms with Gasteiger partial charge in [0.1, 0.15) is 0 Å². The number of aromatic nitrogens is 1. The molecule has 1 aromatic rings. The molecule has 1 aliphatic carbocycles. The number of nitrogens with zero attached hydrogens (tertiary/aromatic N) is 1. The fourth-order valence-electron chi connectivity index (χ4n) is 4.98. The Morgan fingerprint density at radius 1 is 1.20 bits per heavy atom. The molecule has 0 unspecified atom stereocenters. The topological polar surface area (TPSA) is 97.6 Å². The summed E-state index contributed by atoms with van der Waals surface area (Å²) in [6.07, 6.45) is 7.23. The van der Waals surface area contributed by atoms with Gasteiger partial charge in [-0.05, 0) is 77.7 Å². The predicted molar refractivity (Wildman–Crippen MR) is 117 cm³/mol. The van der Waals surface area contributed by atoms with Crippen LogP contribution in [0.1, 0.15) is 69.7 Å². The van der Waals surface area contributed by atoms with E-state index >= 15 is 0 Å². The zero-order valence-electron chi connectivity index (χ0n) is 18.6. The highest BCUT2D eigenvalue weighted by atomic mass is 32.2. The van der Waals surface area contributed by atoms with E-state index in [0.29, 0.717) is 30.9 Å². The minimum absolute atomic E-state index is 0.0741. The zero-order valence-corrected chi connectivity index (χ0v) is 19.4. The Hall–Kier alpha value is -1.22. The minimum atomic E-state index is -3.39. The van der Waals surface area contributed by atoms with Gasteiger partial charge >= 0.3 is 0 Å². The van der Waals surface area contributed by atoms with Gasteiger partial charge in [-0.2, -0.15) is 0 Å². The molecule has 30 heavy (non-hydrogen) atoms. The van der Waals surface area contributed by atoms with Crippen molar-refractivity contribution in [1.82, 2.24) is 9.29 Å². The third-order valence-corrected chi connectivity index (χ3v) is 7.08. The molecule has 3 rings (SSSR count). The molecule has 0 saturated heterocycles. The van der Waals surface area contributed by atoms with Crippen molar-refractivity contribution in [1.29, 1.82) is 0 Å². The van der Waals surface area contributed by atoms with Crippen molar-refractivity contribution < 1.29 is 18.3 Å². The Labute approximate surface area is 179 Å². The molecule has 2 atom stereocenters. The quantitative estimate of drug-likeness (QED) is 0.678. The number of pyridine rings is 1. The number of aryl methyl sites for hydroxylation is 2. The fraction of sp³-hybridized carbons (Fsp3) is 0.773. The van der Waals surface area contributed by atoms with Gasteiger partial charge in [0.2, 0.25) is 10.0 Å². The molecular weight excluding hydrogens is 404 g/mol. The molecule has 7 nitrogen and oxygen atoms in total. The van der Waals surface area contributed by atoms with Crippen molar-refractivity contribution >= 4 is 10.0 Å². The Balaban J connectivity index is 1.71. The number of ether oxygens (including phenoxy) is 1. The van der Waals surface area contributed by atoms with E-state index in [0.717, 1.165) is 44.1 Å². The van der Waals surface area contributed by atoms with Crippen molar-refractivity contribution in [2.45, 2.75) is 89.5 Å². The summed E-state index contributed by atoms with van der Waals surface area (Å²) in [4.78, 5) is 12.9. The average molecular weight is 441 g/mol. The van der Waals surface area contributed by atoms with Crippen LogP contribution in [0.5, 0.6) is 0 Å². The first-order valence-electron chi connectivity index (χ1n) is 11.0. The van der Waals surface area contributed by atoms with Crippen LogP contribution >= 0.6 is 0 Å². The molecule has 1 fully saturated rings. The third kappa shape index (κ3) is 6.15. The van der Waals surface area contributed by atoms with E-state index in [1.54, 1.807) is 11.5 Å². The number of hydrogen-bond donors (Lipinski definition) is 2. The fourth-order valence-corrected chi connectivity index (χ4v) is 5.81. The van der Waals surface area contributed by atoms with E-state index in [4.69, 9.17) is 4.74 Å². The SMILES string of the molecule is Cc1ccc2n(c1=O)[C@@H](COC1CCC(CC(C)(C)O)CC1)[C@@H](NS(C)(=O)=O)CC2. The summed E-state index contributed by atoms with van der Waals surface area (Å²) >= 11 is 0. The van der Waals surface area contributed by atoms with Crippen molar-refractivity contribution in [3.05, 3.63) is 33.7 Å². The van der Waals surface area contributed by atoms with E-state index in [9.17, 15) is 18.3 Å². The predicted octanol–water partition coefficient (Wildman–Crippen LogP) is 2.30. The molecule has 2 N–H and O–H groups in total. The summed E-state index contributed by atoms with van der Waals surface area (Å²) in [5.41, 5.74) is 0.860. The van der Waals surface area contributed by atoms with Gasteiger partial charge in [-0.15, -0.1) is 0 Å². The second-order valence-corrected chi connectivity index (χ2v) is 11.6. The lowest BCUT2D eigenvalue weighted by molar-refractivity contribution is -0.0182. The van der Waals surface area contributed by atoms with Crippen LogP contribution in [0.2, 0.25) is 0 Å². The monoisotopic (exact) mass is 440 g/mol. The van der Waals surface area contributed by atoms with Gasteiger partial charge in [-0.25, -0.2) is 13.1 Å². The summed E-state index contributed by atoms with van der Waals surface area (Å²) in [7, 11) is -3.39. The van der Waals surface area contributed by atoms with Gasteiger partial charge in [0.15, 0.2) is 0 Å². The maximum Gasteiger partial charge on any atom is 0.254 e. The first-order valence-corrected chi connectivity index (χ1v) is 12.8. The summed E-state index contributed by atoms with van der Waals surface area (Å²) in [6, 6.07) is 3.08. The van der Waals surface area contributed by atoms with Crippen LogP contribution in [-0.4, -0.2) is 48.7 Å². The van der Waals surface area contributed by atoms with Gasteiger partial charge in [-0.1, -0.05) is 6.07 Å². The van der Waals surface area contributed by atoms with E-state index < -0.39 is 15.6 Å². The molecule has 1 aliphatic heterocycles. The molecule has 8 heteroatoms. The lowest BCUT2D eigenvalue weighted by Crippen LogP contribution is -2.49. The second kappa shape index (κ2) is 9.10. The average Bonchev–Trinajstić information content (AvgIpc) is 2.62. The number of sulfonamides is 1. The first kappa shape index (κ1) is 23.4. The summed E-state index contributed by atoms with van der Waals surface area (Å²) < 4.78 is 34.5.